The lowest BCUT2D eigenvalue weighted by Crippen LogP contribution is -2.47. The quantitative estimate of drug-likeness (QED) is 0.778. The largest absolute Gasteiger partial charge is 0.384 e. The minimum Gasteiger partial charge on any atom is -0.384 e. The first-order chi connectivity index (χ1) is 12.0. The number of methoxy groups -OCH3 is 1. The van der Waals surface area contributed by atoms with Crippen molar-refractivity contribution in [2.75, 3.05) is 33.4 Å². The van der Waals surface area contributed by atoms with Gasteiger partial charge in [0.1, 0.15) is 4.90 Å². The molecule has 26 heavy (non-hydrogen) atoms. The number of rotatable bonds is 6. The van der Waals surface area contributed by atoms with E-state index in [1.807, 2.05) is 19.1 Å². The summed E-state index contributed by atoms with van der Waals surface area (Å²) in [5, 5.41) is 4.14. The summed E-state index contributed by atoms with van der Waals surface area (Å²) >= 11 is 0. The number of ether oxygens (including phenoxy) is 1. The molecule has 1 aromatic heterocycles. The molecule has 0 amide bonds. The average Bonchev–Trinajstić information content (AvgIpc) is 2.60. The summed E-state index contributed by atoms with van der Waals surface area (Å²) in [6.07, 6.45) is 3.47. The van der Waals surface area contributed by atoms with Crippen LogP contribution in [0.15, 0.2) is 35.4 Å². The fraction of sp³-hybridized carbons (Fsp3) is 0.500. The van der Waals surface area contributed by atoms with Crippen LogP contribution in [0.2, 0.25) is 0 Å². The molecule has 8 heteroatoms. The molecule has 1 fully saturated rings. The van der Waals surface area contributed by atoms with Crippen molar-refractivity contribution in [3.8, 4) is 0 Å². The van der Waals surface area contributed by atoms with E-state index in [1.54, 1.807) is 25.4 Å². The van der Waals surface area contributed by atoms with E-state index in [9.17, 15) is 8.42 Å². The van der Waals surface area contributed by atoms with E-state index in [-0.39, 0.29) is 22.7 Å². The summed E-state index contributed by atoms with van der Waals surface area (Å²) in [6.45, 7) is 4.61. The minimum atomic E-state index is -3.64. The Morgan fingerprint density at radius 2 is 2.04 bits per heavy atom. The SMILES string of the molecule is COCC1(CNS(=O)(=O)c2cccc3cc(C)cnc23)CCNCC1.Cl. The van der Waals surface area contributed by atoms with Gasteiger partial charge in [0.25, 0.3) is 0 Å². The third-order valence-electron chi connectivity index (χ3n) is 4.85. The van der Waals surface area contributed by atoms with Gasteiger partial charge < -0.3 is 10.1 Å². The van der Waals surface area contributed by atoms with Crippen LogP contribution in [0.4, 0.5) is 0 Å². The summed E-state index contributed by atoms with van der Waals surface area (Å²) in [5.74, 6) is 0. The number of nitrogens with zero attached hydrogens (tertiary/aromatic N) is 1. The van der Waals surface area contributed by atoms with Crippen molar-refractivity contribution >= 4 is 33.3 Å². The van der Waals surface area contributed by atoms with Gasteiger partial charge in [-0.25, -0.2) is 13.1 Å². The monoisotopic (exact) mass is 399 g/mol. The van der Waals surface area contributed by atoms with Gasteiger partial charge in [0.2, 0.25) is 10.0 Å². The highest BCUT2D eigenvalue weighted by molar-refractivity contribution is 7.89. The summed E-state index contributed by atoms with van der Waals surface area (Å²) in [5.41, 5.74) is 1.34. The van der Waals surface area contributed by atoms with Gasteiger partial charge in [-0.3, -0.25) is 4.98 Å². The van der Waals surface area contributed by atoms with Crippen LogP contribution in [0.1, 0.15) is 18.4 Å². The van der Waals surface area contributed by atoms with Crippen molar-refractivity contribution in [3.63, 3.8) is 0 Å². The van der Waals surface area contributed by atoms with E-state index < -0.39 is 10.0 Å². The van der Waals surface area contributed by atoms with Crippen molar-refractivity contribution < 1.29 is 13.2 Å². The van der Waals surface area contributed by atoms with E-state index in [4.69, 9.17) is 4.74 Å². The normalized spacial score (nSPS) is 17.0. The number of benzene rings is 1. The predicted molar refractivity (Wildman–Crippen MR) is 105 cm³/mol. The molecule has 0 spiro atoms. The number of fused-ring (bicyclic) bond motifs is 1. The second kappa shape index (κ2) is 8.63. The Morgan fingerprint density at radius 1 is 1.31 bits per heavy atom. The van der Waals surface area contributed by atoms with Crippen molar-refractivity contribution in [2.24, 2.45) is 5.41 Å². The lowest BCUT2D eigenvalue weighted by molar-refractivity contribution is 0.0577. The molecule has 1 aromatic carbocycles. The van der Waals surface area contributed by atoms with Gasteiger partial charge in [0.05, 0.1) is 12.1 Å². The second-order valence-electron chi connectivity index (χ2n) is 6.85. The number of para-hydroxylation sites is 1. The number of halogens is 1. The Labute approximate surface area is 161 Å². The van der Waals surface area contributed by atoms with Crippen LogP contribution < -0.4 is 10.0 Å². The molecule has 0 atom stereocenters. The fourth-order valence-corrected chi connectivity index (χ4v) is 4.76. The molecule has 1 aliphatic rings. The molecule has 0 aliphatic carbocycles. The smallest absolute Gasteiger partial charge is 0.242 e. The highest BCUT2D eigenvalue weighted by Gasteiger charge is 2.34. The summed E-state index contributed by atoms with van der Waals surface area (Å²) in [6, 6.07) is 7.19. The molecule has 1 aliphatic heterocycles. The highest BCUT2D eigenvalue weighted by Crippen LogP contribution is 2.29. The average molecular weight is 400 g/mol. The van der Waals surface area contributed by atoms with Crippen LogP contribution in [-0.2, 0) is 14.8 Å². The molecular weight excluding hydrogens is 374 g/mol. The van der Waals surface area contributed by atoms with E-state index >= 15 is 0 Å². The van der Waals surface area contributed by atoms with Gasteiger partial charge in [0.15, 0.2) is 0 Å². The van der Waals surface area contributed by atoms with Crippen LogP contribution in [0, 0.1) is 12.3 Å². The van der Waals surface area contributed by atoms with Gasteiger partial charge in [-0.2, -0.15) is 0 Å². The van der Waals surface area contributed by atoms with Gasteiger partial charge in [-0.15, -0.1) is 12.4 Å². The van der Waals surface area contributed by atoms with Crippen molar-refractivity contribution in [2.45, 2.75) is 24.7 Å². The van der Waals surface area contributed by atoms with Crippen LogP contribution in [0.5, 0.6) is 0 Å². The Kier molecular flexibility index (Phi) is 6.99. The summed E-state index contributed by atoms with van der Waals surface area (Å²) in [7, 11) is -1.98. The zero-order valence-electron chi connectivity index (χ0n) is 15.1. The van der Waals surface area contributed by atoms with E-state index in [1.165, 1.54) is 0 Å². The molecule has 144 valence electrons. The molecule has 2 heterocycles. The lowest BCUT2D eigenvalue weighted by atomic mass is 9.80. The number of nitrogens with one attached hydrogen (secondary N) is 2. The van der Waals surface area contributed by atoms with Crippen LogP contribution >= 0.6 is 12.4 Å². The maximum atomic E-state index is 12.9. The highest BCUT2D eigenvalue weighted by atomic mass is 35.5. The van der Waals surface area contributed by atoms with Crippen LogP contribution in [0.3, 0.4) is 0 Å². The molecule has 0 unspecified atom stereocenters. The van der Waals surface area contributed by atoms with Crippen molar-refractivity contribution in [3.05, 3.63) is 36.0 Å². The van der Waals surface area contributed by atoms with Gasteiger partial charge in [-0.05, 0) is 50.6 Å². The first kappa shape index (κ1) is 21.1. The summed E-state index contributed by atoms with van der Waals surface area (Å²) < 4.78 is 34.0. The first-order valence-corrected chi connectivity index (χ1v) is 9.99. The maximum Gasteiger partial charge on any atom is 0.242 e. The number of aromatic nitrogens is 1. The van der Waals surface area contributed by atoms with Crippen molar-refractivity contribution in [1.29, 1.82) is 0 Å². The molecule has 0 saturated carbocycles. The Bertz CT molecular complexity index is 846. The number of pyridine rings is 1. The Hall–Kier alpha value is -1.25. The summed E-state index contributed by atoms with van der Waals surface area (Å²) in [4.78, 5) is 4.57. The Balaban J connectivity index is 0.00000243. The van der Waals surface area contributed by atoms with E-state index in [0.29, 0.717) is 18.7 Å². The third-order valence-corrected chi connectivity index (χ3v) is 6.28. The van der Waals surface area contributed by atoms with Gasteiger partial charge >= 0.3 is 0 Å². The molecule has 2 aromatic rings. The third kappa shape index (κ3) is 4.53. The number of piperidine rings is 1. The minimum absolute atomic E-state index is 0. The molecule has 0 radical (unpaired) electrons. The predicted octanol–water partition coefficient (Wildman–Crippen LogP) is 2.26. The van der Waals surface area contributed by atoms with Crippen LogP contribution in [0.25, 0.3) is 10.9 Å². The van der Waals surface area contributed by atoms with Crippen molar-refractivity contribution in [1.82, 2.24) is 15.0 Å². The molecule has 0 bridgehead atoms. The van der Waals surface area contributed by atoms with E-state index in [2.05, 4.69) is 15.0 Å². The number of aryl methyl sites for hydroxylation is 1. The zero-order valence-corrected chi connectivity index (χ0v) is 16.8. The van der Waals surface area contributed by atoms with Crippen LogP contribution in [-0.4, -0.2) is 46.8 Å². The molecule has 2 N–H and O–H groups in total. The second-order valence-corrected chi connectivity index (χ2v) is 8.58. The zero-order chi connectivity index (χ0) is 17.9. The number of hydrogen-bond acceptors (Lipinski definition) is 5. The van der Waals surface area contributed by atoms with Gasteiger partial charge in [0, 0.05) is 30.7 Å². The lowest BCUT2D eigenvalue weighted by Gasteiger charge is -2.37. The fourth-order valence-electron chi connectivity index (χ4n) is 3.42. The van der Waals surface area contributed by atoms with Gasteiger partial charge in [-0.1, -0.05) is 12.1 Å². The van der Waals surface area contributed by atoms with E-state index in [0.717, 1.165) is 36.9 Å². The topological polar surface area (TPSA) is 80.3 Å². The molecule has 3 rings (SSSR count). The first-order valence-electron chi connectivity index (χ1n) is 8.51. The Morgan fingerprint density at radius 3 is 2.73 bits per heavy atom. The maximum absolute atomic E-state index is 12.9. The molecule has 1 saturated heterocycles. The standard InChI is InChI=1S/C18H25N3O3S.ClH/c1-14-10-15-4-3-5-16(17(15)20-11-14)25(22,23)21-12-18(13-24-2)6-8-19-9-7-18;/h3-5,10-11,19,21H,6-9,12-13H2,1-2H3;1H. The molecule has 6 nitrogen and oxygen atoms in total. The molecular formula is C18H26ClN3O3S. The number of sulfonamides is 1. The number of hydrogen-bond donors (Lipinski definition) is 2.